The molecule has 0 atom stereocenters. The van der Waals surface area contributed by atoms with Gasteiger partial charge in [-0.3, -0.25) is 0 Å². The van der Waals surface area contributed by atoms with Crippen molar-refractivity contribution < 1.29 is 4.84 Å². The molecule has 0 aromatic heterocycles. The molecule has 1 fully saturated rings. The van der Waals surface area contributed by atoms with E-state index >= 15 is 0 Å². The van der Waals surface area contributed by atoms with Gasteiger partial charge in [-0.1, -0.05) is 6.92 Å². The third-order valence-electron chi connectivity index (χ3n) is 2.13. The standard InChI is InChI=1S/C8H18N2O/c1-3-4-9-5-7-10(11-2)8-6-9/h3-8H2,1-2H3. The third kappa shape index (κ3) is 2.77. The van der Waals surface area contributed by atoms with Crippen molar-refractivity contribution in [2.24, 2.45) is 0 Å². The Morgan fingerprint density at radius 3 is 2.27 bits per heavy atom. The molecule has 1 heterocycles. The van der Waals surface area contributed by atoms with E-state index in [4.69, 9.17) is 4.84 Å². The molecule has 0 bridgehead atoms. The van der Waals surface area contributed by atoms with Crippen molar-refractivity contribution in [2.45, 2.75) is 13.3 Å². The quantitative estimate of drug-likeness (QED) is 0.597. The molecule has 0 unspecified atom stereocenters. The van der Waals surface area contributed by atoms with Crippen molar-refractivity contribution >= 4 is 0 Å². The van der Waals surface area contributed by atoms with Crippen molar-refractivity contribution in [2.75, 3.05) is 39.8 Å². The van der Waals surface area contributed by atoms with Crippen LogP contribution < -0.4 is 0 Å². The summed E-state index contributed by atoms with van der Waals surface area (Å²) >= 11 is 0. The molecule has 0 saturated carbocycles. The maximum absolute atomic E-state index is 5.12. The maximum atomic E-state index is 5.12. The molecule has 0 aliphatic carbocycles. The minimum Gasteiger partial charge on any atom is -0.302 e. The highest BCUT2D eigenvalue weighted by molar-refractivity contribution is 4.66. The molecule has 0 spiro atoms. The molecule has 3 nitrogen and oxygen atoms in total. The summed E-state index contributed by atoms with van der Waals surface area (Å²) in [6.45, 7) is 7.87. The van der Waals surface area contributed by atoms with Crippen LogP contribution in [0, 0.1) is 0 Å². The number of rotatable bonds is 3. The van der Waals surface area contributed by atoms with Crippen LogP contribution in [-0.2, 0) is 4.84 Å². The van der Waals surface area contributed by atoms with Crippen molar-refractivity contribution in [1.29, 1.82) is 0 Å². The fraction of sp³-hybridized carbons (Fsp3) is 1.00. The summed E-state index contributed by atoms with van der Waals surface area (Å²) in [7, 11) is 1.75. The number of piperazine rings is 1. The van der Waals surface area contributed by atoms with Gasteiger partial charge in [0.2, 0.25) is 0 Å². The summed E-state index contributed by atoms with van der Waals surface area (Å²) in [5.74, 6) is 0. The lowest BCUT2D eigenvalue weighted by Gasteiger charge is -2.32. The number of hydrogen-bond donors (Lipinski definition) is 0. The van der Waals surface area contributed by atoms with Gasteiger partial charge in [0.15, 0.2) is 0 Å². The predicted molar refractivity (Wildman–Crippen MR) is 45.3 cm³/mol. The van der Waals surface area contributed by atoms with Gasteiger partial charge in [0.1, 0.15) is 0 Å². The van der Waals surface area contributed by atoms with Crippen molar-refractivity contribution in [3.8, 4) is 0 Å². The Kier molecular flexibility index (Phi) is 3.83. The van der Waals surface area contributed by atoms with Crippen LogP contribution in [0.15, 0.2) is 0 Å². The van der Waals surface area contributed by atoms with E-state index in [9.17, 15) is 0 Å². The monoisotopic (exact) mass is 158 g/mol. The Balaban J connectivity index is 2.14. The highest BCUT2D eigenvalue weighted by Gasteiger charge is 2.14. The van der Waals surface area contributed by atoms with E-state index in [-0.39, 0.29) is 0 Å². The van der Waals surface area contributed by atoms with E-state index < -0.39 is 0 Å². The average Bonchev–Trinajstić information content (AvgIpc) is 2.07. The van der Waals surface area contributed by atoms with Crippen LogP contribution in [0.1, 0.15) is 13.3 Å². The maximum Gasteiger partial charge on any atom is 0.0575 e. The molecule has 66 valence electrons. The molecule has 0 N–H and O–H groups in total. The first-order valence-electron chi connectivity index (χ1n) is 4.38. The van der Waals surface area contributed by atoms with E-state index in [0.29, 0.717) is 0 Å². The Bertz CT molecular complexity index is 100. The molecule has 1 aliphatic rings. The Labute approximate surface area is 68.9 Å². The minimum absolute atomic E-state index is 1.05. The zero-order valence-electron chi connectivity index (χ0n) is 7.55. The molecule has 1 rings (SSSR count). The largest absolute Gasteiger partial charge is 0.302 e. The summed E-state index contributed by atoms with van der Waals surface area (Å²) in [6.07, 6.45) is 1.26. The molecule has 11 heavy (non-hydrogen) atoms. The third-order valence-corrected chi connectivity index (χ3v) is 2.13. The van der Waals surface area contributed by atoms with Crippen LogP contribution >= 0.6 is 0 Å². The Morgan fingerprint density at radius 2 is 1.82 bits per heavy atom. The van der Waals surface area contributed by atoms with Gasteiger partial charge in [-0.25, -0.2) is 0 Å². The number of hydrogen-bond acceptors (Lipinski definition) is 3. The average molecular weight is 158 g/mol. The van der Waals surface area contributed by atoms with Crippen LogP contribution in [-0.4, -0.2) is 49.8 Å². The molecule has 0 amide bonds. The zero-order chi connectivity index (χ0) is 8.10. The molecular formula is C8H18N2O. The smallest absolute Gasteiger partial charge is 0.0575 e. The SMILES string of the molecule is CCCN1CCN(OC)CC1. The van der Waals surface area contributed by atoms with Gasteiger partial charge in [-0.15, -0.1) is 0 Å². The van der Waals surface area contributed by atoms with Gasteiger partial charge >= 0.3 is 0 Å². The Hall–Kier alpha value is -0.120. The number of hydroxylamine groups is 2. The van der Waals surface area contributed by atoms with Gasteiger partial charge in [-0.05, 0) is 13.0 Å². The minimum atomic E-state index is 1.05. The topological polar surface area (TPSA) is 15.7 Å². The first kappa shape index (κ1) is 8.97. The first-order chi connectivity index (χ1) is 5.36. The van der Waals surface area contributed by atoms with Gasteiger partial charge in [-0.2, -0.15) is 5.06 Å². The highest BCUT2D eigenvalue weighted by atomic mass is 16.7. The summed E-state index contributed by atoms with van der Waals surface area (Å²) in [6, 6.07) is 0. The van der Waals surface area contributed by atoms with Crippen LogP contribution in [0.4, 0.5) is 0 Å². The summed E-state index contributed by atoms with van der Waals surface area (Å²) in [5, 5.41) is 2.02. The molecule has 1 saturated heterocycles. The molecule has 0 aromatic rings. The van der Waals surface area contributed by atoms with Crippen LogP contribution in [0.25, 0.3) is 0 Å². The lowest BCUT2D eigenvalue weighted by Crippen LogP contribution is -2.45. The molecule has 3 heteroatoms. The molecule has 1 aliphatic heterocycles. The fourth-order valence-corrected chi connectivity index (χ4v) is 1.45. The fourth-order valence-electron chi connectivity index (χ4n) is 1.45. The summed E-state index contributed by atoms with van der Waals surface area (Å²) in [5.41, 5.74) is 0. The zero-order valence-corrected chi connectivity index (χ0v) is 7.55. The Morgan fingerprint density at radius 1 is 1.18 bits per heavy atom. The van der Waals surface area contributed by atoms with E-state index in [1.165, 1.54) is 13.0 Å². The predicted octanol–water partition coefficient (Wildman–Crippen LogP) is 0.575. The highest BCUT2D eigenvalue weighted by Crippen LogP contribution is 2.01. The first-order valence-corrected chi connectivity index (χ1v) is 4.38. The summed E-state index contributed by atoms with van der Waals surface area (Å²) in [4.78, 5) is 7.61. The van der Waals surface area contributed by atoms with E-state index in [0.717, 1.165) is 26.2 Å². The van der Waals surface area contributed by atoms with Crippen molar-refractivity contribution in [1.82, 2.24) is 9.96 Å². The van der Waals surface area contributed by atoms with E-state index in [1.54, 1.807) is 7.11 Å². The van der Waals surface area contributed by atoms with Gasteiger partial charge in [0.05, 0.1) is 7.11 Å². The normalized spacial score (nSPS) is 22.4. The molecular weight excluding hydrogens is 140 g/mol. The van der Waals surface area contributed by atoms with Crippen LogP contribution in [0.3, 0.4) is 0 Å². The van der Waals surface area contributed by atoms with E-state index in [2.05, 4.69) is 11.8 Å². The second-order valence-corrected chi connectivity index (χ2v) is 2.95. The lowest BCUT2D eigenvalue weighted by molar-refractivity contribution is -0.151. The molecule has 0 aromatic carbocycles. The molecule has 0 radical (unpaired) electrons. The number of nitrogens with zero attached hydrogens (tertiary/aromatic N) is 2. The second-order valence-electron chi connectivity index (χ2n) is 2.95. The van der Waals surface area contributed by atoms with E-state index in [1.807, 2.05) is 5.06 Å². The van der Waals surface area contributed by atoms with Crippen molar-refractivity contribution in [3.63, 3.8) is 0 Å². The van der Waals surface area contributed by atoms with Crippen LogP contribution in [0.5, 0.6) is 0 Å². The van der Waals surface area contributed by atoms with Gasteiger partial charge < -0.3 is 9.74 Å². The van der Waals surface area contributed by atoms with Gasteiger partial charge in [0, 0.05) is 26.2 Å². The lowest BCUT2D eigenvalue weighted by atomic mass is 10.3. The van der Waals surface area contributed by atoms with Crippen molar-refractivity contribution in [3.05, 3.63) is 0 Å². The summed E-state index contributed by atoms with van der Waals surface area (Å²) < 4.78 is 0. The van der Waals surface area contributed by atoms with Crippen LogP contribution in [0.2, 0.25) is 0 Å². The van der Waals surface area contributed by atoms with Gasteiger partial charge in [0.25, 0.3) is 0 Å². The second kappa shape index (κ2) is 4.70.